The Balaban J connectivity index is 0. The molecule has 6 heterocycles. The zero-order valence-electron chi connectivity index (χ0n) is 30.9. The number of rotatable bonds is 0. The van der Waals surface area contributed by atoms with Gasteiger partial charge < -0.3 is 34.5 Å². The van der Waals surface area contributed by atoms with Gasteiger partial charge in [-0.15, -0.1) is 0 Å². The van der Waals surface area contributed by atoms with E-state index in [0.717, 1.165) is 13.7 Å². The molecule has 0 N–H and O–H groups in total. The Bertz CT molecular complexity index is 2150. The molecule has 0 unspecified atom stereocenters. The topological polar surface area (TPSA) is 171 Å². The van der Waals surface area contributed by atoms with Crippen LogP contribution in [-0.4, -0.2) is 60.2 Å². The number of fused-ring (bicyclic) bond motifs is 3. The first kappa shape index (κ1) is 49.8. The Hall–Kier alpha value is -3.27. The fraction of sp³-hybridized carbons (Fsp3) is 0.414. The molecule has 0 aromatic carbocycles. The third-order valence-electron chi connectivity index (χ3n) is 7.93. The van der Waals surface area contributed by atoms with Crippen LogP contribution in [0.2, 0.25) is 0 Å². The van der Waals surface area contributed by atoms with Gasteiger partial charge >= 0.3 is 46.9 Å². The molecule has 2 radical (unpaired) electrons. The van der Waals surface area contributed by atoms with Crippen molar-refractivity contribution < 1.29 is 73.6 Å². The Kier molecular flexibility index (Phi) is 18.6. The molecule has 0 saturated carbocycles. The molecule has 2 aliphatic rings. The zero-order valence-corrected chi connectivity index (χ0v) is 35.3. The van der Waals surface area contributed by atoms with Crippen molar-refractivity contribution in [3.05, 3.63) is 97.0 Å². The number of imidazole rings is 1. The Labute approximate surface area is 338 Å². The first-order chi connectivity index (χ1) is 21.8. The Morgan fingerprint density at radius 1 is 0.510 bits per heavy atom. The van der Waals surface area contributed by atoms with Gasteiger partial charge in [0.05, 0.1) is 21.1 Å². The second kappa shape index (κ2) is 19.0. The summed E-state index contributed by atoms with van der Waals surface area (Å²) >= 11 is 1.70. The maximum atomic E-state index is 11.9. The van der Waals surface area contributed by atoms with E-state index in [1.54, 1.807) is 133 Å². The first-order valence-corrected chi connectivity index (χ1v) is 14.4. The fourth-order valence-electron chi connectivity index (χ4n) is 5.70. The van der Waals surface area contributed by atoms with Gasteiger partial charge in [-0.2, -0.15) is 13.3 Å². The van der Waals surface area contributed by atoms with Crippen LogP contribution in [0.1, 0.15) is 0 Å². The molecular formula is C29H45Ag3N12O7-3. The molecule has 0 aliphatic carbocycles. The molecule has 2 aliphatic heterocycles. The molecule has 19 nitrogen and oxygen atoms in total. The molecule has 0 amide bonds. The van der Waals surface area contributed by atoms with Crippen molar-refractivity contribution in [1.29, 1.82) is 0 Å². The van der Waals surface area contributed by atoms with E-state index in [4.69, 9.17) is 3.25 Å². The van der Waals surface area contributed by atoms with E-state index < -0.39 is 0 Å². The second-order valence-electron chi connectivity index (χ2n) is 11.1. The number of nitrogens with zero attached hydrogens (tertiary/aromatic N) is 12. The van der Waals surface area contributed by atoms with Gasteiger partial charge in [0, 0.05) is 80.0 Å². The minimum atomic E-state index is -0.311. The molecule has 0 bridgehead atoms. The summed E-state index contributed by atoms with van der Waals surface area (Å²) in [6.07, 6.45) is 1.77. The van der Waals surface area contributed by atoms with Crippen molar-refractivity contribution in [2.45, 2.75) is 0 Å². The molecule has 0 atom stereocenters. The third kappa shape index (κ3) is 8.52. The van der Waals surface area contributed by atoms with Crippen LogP contribution in [0.5, 0.6) is 0 Å². The van der Waals surface area contributed by atoms with E-state index in [1.165, 1.54) is 34.8 Å². The van der Waals surface area contributed by atoms with Gasteiger partial charge in [0.25, 0.3) is 16.8 Å². The summed E-state index contributed by atoms with van der Waals surface area (Å²) < 4.78 is 19.3. The molecule has 0 saturated heterocycles. The Morgan fingerprint density at radius 2 is 0.824 bits per heavy atom. The summed E-state index contributed by atoms with van der Waals surface area (Å²) in [5.74, 6) is 1.26. The molecule has 22 heteroatoms. The van der Waals surface area contributed by atoms with Crippen LogP contribution < -0.4 is 57.9 Å². The number of hydrogen-bond donors (Lipinski definition) is 0. The summed E-state index contributed by atoms with van der Waals surface area (Å²) in [5, 5.41) is 0. The van der Waals surface area contributed by atoms with Crippen LogP contribution in [-0.2, 0) is 125 Å². The Morgan fingerprint density at radius 3 is 1.18 bits per heavy atom. The molecule has 51 heavy (non-hydrogen) atoms. The first-order valence-electron chi connectivity index (χ1n) is 13.8. The molecule has 0 fully saturated rings. The molecule has 6 rings (SSSR count). The van der Waals surface area contributed by atoms with Crippen molar-refractivity contribution in [3.8, 4) is 0 Å². The maximum absolute atomic E-state index is 11.9. The van der Waals surface area contributed by atoms with Gasteiger partial charge in [-0.3, -0.25) is 37.2 Å². The fourth-order valence-corrected chi connectivity index (χ4v) is 5.70. The van der Waals surface area contributed by atoms with Crippen LogP contribution in [0.15, 0.2) is 35.1 Å². The van der Waals surface area contributed by atoms with Crippen LogP contribution >= 0.6 is 0 Å². The number of aromatic nitrogens is 8. The SMILES string of the molecule is CN1[CH-]N(C)c2c1c(=O)n(C)c(=O)n2C.CN1[CH-]N(C)c2c1c(=O)n(C)c(=O)n2C.Cn1c(=O)c2c(n(C)c1=O)[n+](C)cn2C.[Ag].[Ag].[CH3-].[CH3-].[O]=[Ag]. The molecule has 0 spiro atoms. The third-order valence-corrected chi connectivity index (χ3v) is 7.93. The van der Waals surface area contributed by atoms with Crippen molar-refractivity contribution >= 4 is 34.2 Å². The predicted octanol–water partition coefficient (Wildman–Crippen LogP) is -2.65. The van der Waals surface area contributed by atoms with Gasteiger partial charge in [-0.1, -0.05) is 0 Å². The van der Waals surface area contributed by atoms with Crippen LogP contribution in [0, 0.1) is 28.2 Å². The molecular weight excluding hydrogens is 952 g/mol. The number of anilines is 4. The summed E-state index contributed by atoms with van der Waals surface area (Å²) in [5.41, 5.74) is 0.485. The molecule has 4 aromatic heterocycles. The van der Waals surface area contributed by atoms with E-state index in [1.807, 2.05) is 0 Å². The summed E-state index contributed by atoms with van der Waals surface area (Å²) in [7, 11) is 20.2. The van der Waals surface area contributed by atoms with E-state index >= 15 is 0 Å². The molecule has 4 aromatic rings. The van der Waals surface area contributed by atoms with E-state index in [9.17, 15) is 28.8 Å². The predicted molar refractivity (Wildman–Crippen MR) is 184 cm³/mol. The molecule has 299 valence electrons. The van der Waals surface area contributed by atoms with Gasteiger partial charge in [0.15, 0.2) is 6.33 Å². The van der Waals surface area contributed by atoms with Crippen LogP contribution in [0.25, 0.3) is 11.2 Å². The van der Waals surface area contributed by atoms with E-state index in [2.05, 4.69) is 0 Å². The van der Waals surface area contributed by atoms with E-state index in [0.29, 0.717) is 34.2 Å². The van der Waals surface area contributed by atoms with Gasteiger partial charge in [-0.25, -0.2) is 28.1 Å². The van der Waals surface area contributed by atoms with Crippen LogP contribution in [0.4, 0.5) is 23.0 Å². The normalized spacial score (nSPS) is 12.0. The monoisotopic (exact) mass is 994 g/mol. The van der Waals surface area contributed by atoms with Crippen molar-refractivity contribution in [1.82, 2.24) is 32.0 Å². The quantitative estimate of drug-likeness (QED) is 0.103. The second-order valence-corrected chi connectivity index (χ2v) is 11.1. The number of hydrogen-bond acceptors (Lipinski definition) is 11. The summed E-state index contributed by atoms with van der Waals surface area (Å²) in [6, 6.07) is 0. The van der Waals surface area contributed by atoms with Crippen LogP contribution in [0.3, 0.4) is 0 Å². The average Bonchev–Trinajstić information content (AvgIpc) is 3.63. The minimum absolute atomic E-state index is 0. The van der Waals surface area contributed by atoms with Crippen molar-refractivity contribution in [3.63, 3.8) is 0 Å². The van der Waals surface area contributed by atoms with Crippen molar-refractivity contribution in [2.24, 2.45) is 56.4 Å². The van der Waals surface area contributed by atoms with Gasteiger partial charge in [0.1, 0.15) is 23.0 Å². The average molecular weight is 997 g/mol. The standard InChI is InChI=1S/3C9H13N4O2.2CH3.3Ag.O/c3*1-10-5-11(2)7-6(10)8(14)13(4)9(15)12(7)3;;;;;;/h3*5H,1-4H3;2*1H3;;;;/q2*-1;+1;2*-1;;;;. The summed E-state index contributed by atoms with van der Waals surface area (Å²) in [6.45, 7) is 3.54. The summed E-state index contributed by atoms with van der Waals surface area (Å²) in [4.78, 5) is 77.5. The van der Waals surface area contributed by atoms with Gasteiger partial charge in [-0.05, 0) is 28.2 Å². The van der Waals surface area contributed by atoms with E-state index in [-0.39, 0.29) is 93.4 Å². The van der Waals surface area contributed by atoms with Gasteiger partial charge in [0.2, 0.25) is 5.52 Å². The zero-order chi connectivity index (χ0) is 36.0. The van der Waals surface area contributed by atoms with Crippen molar-refractivity contribution in [2.75, 3.05) is 47.8 Å². The number of aryl methyl sites for hydroxylation is 3.